The fourth-order valence-electron chi connectivity index (χ4n) is 3.64. The molecular weight excluding hydrogens is 338 g/mol. The van der Waals surface area contributed by atoms with E-state index in [0.717, 1.165) is 23.4 Å². The number of nitriles is 1. The predicted molar refractivity (Wildman–Crippen MR) is 104 cm³/mol. The average molecular weight is 363 g/mol. The van der Waals surface area contributed by atoms with Crippen LogP contribution >= 0.6 is 0 Å². The van der Waals surface area contributed by atoms with E-state index in [-0.39, 0.29) is 18.0 Å². The van der Waals surface area contributed by atoms with Gasteiger partial charge in [-0.25, -0.2) is 4.79 Å². The molecule has 2 aromatic rings. The maximum Gasteiger partial charge on any atom is 0.315 e. The van der Waals surface area contributed by atoms with E-state index in [1.807, 2.05) is 48.9 Å². The van der Waals surface area contributed by atoms with Crippen LogP contribution < -0.4 is 10.6 Å². The number of rotatable bonds is 6. The van der Waals surface area contributed by atoms with Crippen molar-refractivity contribution < 1.29 is 4.79 Å². The van der Waals surface area contributed by atoms with E-state index in [0.29, 0.717) is 19.5 Å². The van der Waals surface area contributed by atoms with Crippen molar-refractivity contribution in [1.82, 2.24) is 20.4 Å². The normalized spacial score (nSPS) is 18.3. The molecule has 2 amide bonds. The Hall–Kier alpha value is -3.07. The van der Waals surface area contributed by atoms with Crippen molar-refractivity contribution in [2.24, 2.45) is 0 Å². The van der Waals surface area contributed by atoms with E-state index in [2.05, 4.69) is 34.0 Å². The Morgan fingerprint density at radius 1 is 1.30 bits per heavy atom. The molecular formula is C21H25N5O. The van der Waals surface area contributed by atoms with Crippen LogP contribution in [0.5, 0.6) is 0 Å². The summed E-state index contributed by atoms with van der Waals surface area (Å²) in [4.78, 5) is 12.2. The molecule has 1 aliphatic rings. The number of nitrogens with one attached hydrogen (secondary N) is 2. The number of allylic oxidation sites excluding steroid dienone is 1. The van der Waals surface area contributed by atoms with Gasteiger partial charge in [0.15, 0.2) is 0 Å². The molecule has 0 saturated carbocycles. The van der Waals surface area contributed by atoms with Gasteiger partial charge in [-0.1, -0.05) is 42.5 Å². The van der Waals surface area contributed by atoms with Gasteiger partial charge in [0.25, 0.3) is 0 Å². The molecule has 1 aromatic carbocycles. The predicted octanol–water partition coefficient (Wildman–Crippen LogP) is 3.33. The third-order valence-electron chi connectivity index (χ3n) is 4.94. The Balaban J connectivity index is 1.55. The van der Waals surface area contributed by atoms with Gasteiger partial charge in [0.2, 0.25) is 0 Å². The summed E-state index contributed by atoms with van der Waals surface area (Å²) in [5.74, 6) is 0.236. The highest BCUT2D eigenvalue weighted by atomic mass is 16.2. The monoisotopic (exact) mass is 363 g/mol. The van der Waals surface area contributed by atoms with Crippen LogP contribution in [0.15, 0.2) is 42.5 Å². The lowest BCUT2D eigenvalue weighted by atomic mass is 9.96. The molecule has 0 saturated heterocycles. The first-order valence-electron chi connectivity index (χ1n) is 9.26. The molecule has 0 radical (unpaired) electrons. The summed E-state index contributed by atoms with van der Waals surface area (Å²) in [6.45, 7) is 5.18. The lowest BCUT2D eigenvalue weighted by molar-refractivity contribution is 0.238. The Labute approximate surface area is 159 Å². The first kappa shape index (κ1) is 18.7. The van der Waals surface area contributed by atoms with Crippen LogP contribution in [0.2, 0.25) is 0 Å². The first-order chi connectivity index (χ1) is 13.1. The largest absolute Gasteiger partial charge is 0.334 e. The topological polar surface area (TPSA) is 82.7 Å². The molecule has 2 N–H and O–H groups in total. The number of benzene rings is 1. The summed E-state index contributed by atoms with van der Waals surface area (Å²) in [5, 5.41) is 19.3. The van der Waals surface area contributed by atoms with E-state index in [9.17, 15) is 4.79 Å². The minimum absolute atomic E-state index is 0.00651. The SMILES string of the molecule is Cc1nn(CCC#N)c(C)c1[C@@H]1C=C[C@@H](NC(=O)NCc2ccccc2)C1. The van der Waals surface area contributed by atoms with Gasteiger partial charge in [0.05, 0.1) is 24.7 Å². The summed E-state index contributed by atoms with van der Waals surface area (Å²) >= 11 is 0. The number of aromatic nitrogens is 2. The van der Waals surface area contributed by atoms with Crippen LogP contribution in [0.1, 0.15) is 41.3 Å². The lowest BCUT2D eigenvalue weighted by Crippen LogP contribution is -2.40. The minimum Gasteiger partial charge on any atom is -0.334 e. The van der Waals surface area contributed by atoms with Gasteiger partial charge >= 0.3 is 6.03 Å². The van der Waals surface area contributed by atoms with E-state index in [1.165, 1.54) is 5.56 Å². The highest BCUT2D eigenvalue weighted by Crippen LogP contribution is 2.33. The van der Waals surface area contributed by atoms with Crippen molar-refractivity contribution in [2.45, 2.75) is 51.7 Å². The van der Waals surface area contributed by atoms with Crippen LogP contribution in [-0.2, 0) is 13.1 Å². The molecule has 0 spiro atoms. The summed E-state index contributed by atoms with van der Waals surface area (Å²) in [5.41, 5.74) is 4.38. The second kappa shape index (κ2) is 8.54. The van der Waals surface area contributed by atoms with E-state index < -0.39 is 0 Å². The van der Waals surface area contributed by atoms with Crippen molar-refractivity contribution in [2.75, 3.05) is 0 Å². The molecule has 0 fully saturated rings. The first-order valence-corrected chi connectivity index (χ1v) is 9.26. The Bertz CT molecular complexity index is 863. The molecule has 0 aliphatic heterocycles. The third kappa shape index (κ3) is 4.56. The second-order valence-corrected chi connectivity index (χ2v) is 6.86. The fraction of sp³-hybridized carbons (Fsp3) is 0.381. The summed E-state index contributed by atoms with van der Waals surface area (Å²) in [6, 6.07) is 11.9. The van der Waals surface area contributed by atoms with Gasteiger partial charge in [-0.15, -0.1) is 0 Å². The Kier molecular flexibility index (Phi) is 5.92. The molecule has 6 nitrogen and oxygen atoms in total. The average Bonchev–Trinajstić information content (AvgIpc) is 3.22. The van der Waals surface area contributed by atoms with Gasteiger partial charge in [0, 0.05) is 29.8 Å². The lowest BCUT2D eigenvalue weighted by Gasteiger charge is -2.15. The van der Waals surface area contributed by atoms with E-state index >= 15 is 0 Å². The number of amides is 2. The number of hydrogen-bond donors (Lipinski definition) is 2. The van der Waals surface area contributed by atoms with Crippen molar-refractivity contribution in [3.05, 3.63) is 65.0 Å². The van der Waals surface area contributed by atoms with Gasteiger partial charge in [0.1, 0.15) is 0 Å². The summed E-state index contributed by atoms with van der Waals surface area (Å²) in [7, 11) is 0. The number of carbonyl (C=O) groups excluding carboxylic acids is 1. The highest BCUT2D eigenvalue weighted by molar-refractivity contribution is 5.74. The van der Waals surface area contributed by atoms with Gasteiger partial charge in [-0.3, -0.25) is 4.68 Å². The van der Waals surface area contributed by atoms with Crippen LogP contribution in [0.4, 0.5) is 4.79 Å². The zero-order chi connectivity index (χ0) is 19.2. The van der Waals surface area contributed by atoms with Crippen molar-refractivity contribution in [1.29, 1.82) is 5.26 Å². The van der Waals surface area contributed by atoms with Crippen LogP contribution in [0.3, 0.4) is 0 Å². The number of nitrogens with zero attached hydrogens (tertiary/aromatic N) is 3. The molecule has 140 valence electrons. The molecule has 3 rings (SSSR count). The fourth-order valence-corrected chi connectivity index (χ4v) is 3.64. The van der Waals surface area contributed by atoms with Crippen molar-refractivity contribution in [3.63, 3.8) is 0 Å². The van der Waals surface area contributed by atoms with Crippen LogP contribution in [-0.4, -0.2) is 21.9 Å². The molecule has 1 aliphatic carbocycles. The molecule has 2 atom stereocenters. The molecule has 1 aromatic heterocycles. The zero-order valence-corrected chi connectivity index (χ0v) is 15.8. The van der Waals surface area contributed by atoms with Crippen LogP contribution in [0.25, 0.3) is 0 Å². The van der Waals surface area contributed by atoms with Crippen molar-refractivity contribution >= 4 is 6.03 Å². The highest BCUT2D eigenvalue weighted by Gasteiger charge is 2.26. The summed E-state index contributed by atoms with van der Waals surface area (Å²) in [6.07, 6.45) is 5.48. The minimum atomic E-state index is -0.160. The molecule has 1 heterocycles. The molecule has 0 bridgehead atoms. The Morgan fingerprint density at radius 2 is 2.07 bits per heavy atom. The van der Waals surface area contributed by atoms with Crippen LogP contribution in [0, 0.1) is 25.2 Å². The maximum atomic E-state index is 12.2. The van der Waals surface area contributed by atoms with Gasteiger partial charge in [-0.05, 0) is 25.8 Å². The van der Waals surface area contributed by atoms with E-state index in [1.54, 1.807) is 0 Å². The number of hydrogen-bond acceptors (Lipinski definition) is 3. The number of carbonyl (C=O) groups is 1. The quantitative estimate of drug-likeness (QED) is 0.772. The maximum absolute atomic E-state index is 12.2. The molecule has 27 heavy (non-hydrogen) atoms. The smallest absolute Gasteiger partial charge is 0.315 e. The molecule has 0 unspecified atom stereocenters. The molecule has 6 heteroatoms. The van der Waals surface area contributed by atoms with Gasteiger partial charge in [-0.2, -0.15) is 10.4 Å². The standard InChI is InChI=1S/C21H25N5O/c1-15-20(16(2)26(25-15)12-6-11-22)18-9-10-19(13-18)24-21(27)23-14-17-7-4-3-5-8-17/h3-5,7-10,18-19H,6,12-14H2,1-2H3,(H2,23,24,27)/t18-,19-/m1/s1. The Morgan fingerprint density at radius 3 is 2.81 bits per heavy atom. The third-order valence-corrected chi connectivity index (χ3v) is 4.94. The summed E-state index contributed by atoms with van der Waals surface area (Å²) < 4.78 is 1.91. The number of aryl methyl sites for hydroxylation is 2. The van der Waals surface area contributed by atoms with Crippen molar-refractivity contribution in [3.8, 4) is 6.07 Å². The van der Waals surface area contributed by atoms with Gasteiger partial charge < -0.3 is 10.6 Å². The van der Waals surface area contributed by atoms with E-state index in [4.69, 9.17) is 5.26 Å². The zero-order valence-electron chi connectivity index (χ0n) is 15.8. The second-order valence-electron chi connectivity index (χ2n) is 6.86. The number of urea groups is 1.